The molecule has 5 nitrogen and oxygen atoms in total. The Balaban J connectivity index is 1.92. The van der Waals surface area contributed by atoms with Crippen molar-refractivity contribution in [2.45, 2.75) is 26.9 Å². The maximum Gasteiger partial charge on any atom is 0.340 e. The first-order chi connectivity index (χ1) is 13.9. The molecule has 152 valence electrons. The van der Waals surface area contributed by atoms with Crippen molar-refractivity contribution in [1.29, 1.82) is 0 Å². The third kappa shape index (κ3) is 4.57. The number of methoxy groups -OCH3 is 1. The number of esters is 1. The third-order valence-corrected chi connectivity index (χ3v) is 5.44. The van der Waals surface area contributed by atoms with E-state index in [4.69, 9.17) is 9.72 Å². The van der Waals surface area contributed by atoms with E-state index in [1.54, 1.807) is 0 Å². The molecule has 1 atom stereocenters. The molecule has 0 bridgehead atoms. The first-order valence-corrected chi connectivity index (χ1v) is 10.0. The summed E-state index contributed by atoms with van der Waals surface area (Å²) in [6, 6.07) is 16.6. The van der Waals surface area contributed by atoms with Crippen LogP contribution in [0.1, 0.15) is 34.1 Å². The Morgan fingerprint density at radius 1 is 1.07 bits per heavy atom. The van der Waals surface area contributed by atoms with Gasteiger partial charge in [0.05, 0.1) is 24.7 Å². The minimum absolute atomic E-state index is 0.318. The van der Waals surface area contributed by atoms with E-state index >= 15 is 0 Å². The lowest BCUT2D eigenvalue weighted by atomic mass is 10.0. The fraction of sp³-hybridized carbons (Fsp3) is 0.333. The van der Waals surface area contributed by atoms with Crippen LogP contribution in [0, 0.1) is 6.92 Å². The zero-order chi connectivity index (χ0) is 21.0. The average Bonchev–Trinajstić information content (AvgIpc) is 2.73. The van der Waals surface area contributed by atoms with Crippen LogP contribution < -0.4 is 9.80 Å². The monoisotopic (exact) mass is 392 g/mol. The van der Waals surface area contributed by atoms with Crippen LogP contribution in [0.4, 0.5) is 5.69 Å². The summed E-state index contributed by atoms with van der Waals surface area (Å²) in [4.78, 5) is 20.8. The summed E-state index contributed by atoms with van der Waals surface area (Å²) in [5.74, 6) is -0.318. The second-order valence-electron chi connectivity index (χ2n) is 7.59. The van der Waals surface area contributed by atoms with Gasteiger partial charge in [0.25, 0.3) is 0 Å². The minimum Gasteiger partial charge on any atom is -0.465 e. The molecule has 0 aliphatic carbocycles. The second-order valence-corrected chi connectivity index (χ2v) is 7.59. The maximum absolute atomic E-state index is 12.6. The Hall–Kier alpha value is -2.92. The molecule has 1 N–H and O–H groups in total. The minimum atomic E-state index is -0.318. The summed E-state index contributed by atoms with van der Waals surface area (Å²) >= 11 is 0. The number of fused-ring (bicyclic) bond motifs is 1. The summed E-state index contributed by atoms with van der Waals surface area (Å²) in [7, 11) is 5.51. The maximum atomic E-state index is 12.6. The van der Waals surface area contributed by atoms with Crippen LogP contribution in [-0.4, -0.2) is 38.7 Å². The quantitative estimate of drug-likeness (QED) is 0.628. The third-order valence-electron chi connectivity index (χ3n) is 5.44. The van der Waals surface area contributed by atoms with Gasteiger partial charge < -0.3 is 14.5 Å². The van der Waals surface area contributed by atoms with Crippen LogP contribution in [0.5, 0.6) is 0 Å². The van der Waals surface area contributed by atoms with E-state index in [2.05, 4.69) is 36.1 Å². The van der Waals surface area contributed by atoms with Crippen LogP contribution in [0.15, 0.2) is 48.5 Å². The Bertz CT molecular complexity index is 997. The second kappa shape index (κ2) is 9.05. The molecule has 1 heterocycles. The van der Waals surface area contributed by atoms with Crippen LogP contribution in [0.3, 0.4) is 0 Å². The van der Waals surface area contributed by atoms with Crippen molar-refractivity contribution >= 4 is 22.6 Å². The van der Waals surface area contributed by atoms with Gasteiger partial charge in [-0.05, 0) is 37.6 Å². The highest BCUT2D eigenvalue weighted by atomic mass is 16.5. The molecule has 29 heavy (non-hydrogen) atoms. The smallest absolute Gasteiger partial charge is 0.340 e. The number of rotatable bonds is 7. The number of para-hydroxylation sites is 1. The predicted octanol–water partition coefficient (Wildman–Crippen LogP) is 3.00. The normalized spacial score (nSPS) is 12.0. The highest BCUT2D eigenvalue weighted by molar-refractivity contribution is 5.98. The molecule has 0 spiro atoms. The van der Waals surface area contributed by atoms with Gasteiger partial charge in [-0.2, -0.15) is 0 Å². The van der Waals surface area contributed by atoms with Gasteiger partial charge in [0.1, 0.15) is 18.8 Å². The van der Waals surface area contributed by atoms with Crippen LogP contribution >= 0.6 is 0 Å². The van der Waals surface area contributed by atoms with Crippen molar-refractivity contribution in [3.63, 3.8) is 0 Å². The first-order valence-electron chi connectivity index (χ1n) is 10.0. The van der Waals surface area contributed by atoms with E-state index in [-0.39, 0.29) is 5.97 Å². The highest BCUT2D eigenvalue weighted by Crippen LogP contribution is 2.23. The predicted molar refractivity (Wildman–Crippen MR) is 118 cm³/mol. The number of carbonyl (C=O) groups is 1. The molecule has 0 amide bonds. The van der Waals surface area contributed by atoms with E-state index < -0.39 is 0 Å². The molecule has 5 heteroatoms. The van der Waals surface area contributed by atoms with E-state index in [0.717, 1.165) is 35.2 Å². The summed E-state index contributed by atoms with van der Waals surface area (Å²) in [5, 5.41) is 0.994. The van der Waals surface area contributed by atoms with Crippen molar-refractivity contribution in [2.24, 2.45) is 0 Å². The van der Waals surface area contributed by atoms with E-state index in [1.165, 1.54) is 23.3 Å². The largest absolute Gasteiger partial charge is 0.465 e. The lowest BCUT2D eigenvalue weighted by Gasteiger charge is -2.20. The molecule has 0 fully saturated rings. The summed E-state index contributed by atoms with van der Waals surface area (Å²) in [6.07, 6.45) is 0. The molecule has 0 saturated carbocycles. The van der Waals surface area contributed by atoms with Crippen LogP contribution in [-0.2, 0) is 17.8 Å². The molecule has 1 unspecified atom stereocenters. The molecule has 3 rings (SSSR count). The SMILES string of the molecule is CC[NH+](Cc1ccc(N(C)C)cc1)Cc1nc2ccccc2c(C)c1C(=O)OC. The molecule has 2 aromatic carbocycles. The van der Waals surface area contributed by atoms with Crippen molar-refractivity contribution < 1.29 is 14.4 Å². The van der Waals surface area contributed by atoms with E-state index in [0.29, 0.717) is 12.1 Å². The van der Waals surface area contributed by atoms with Crippen molar-refractivity contribution in [3.05, 3.63) is 70.9 Å². The number of aromatic nitrogens is 1. The van der Waals surface area contributed by atoms with Gasteiger partial charge >= 0.3 is 5.97 Å². The number of nitrogens with one attached hydrogen (secondary N) is 1. The average molecular weight is 393 g/mol. The van der Waals surface area contributed by atoms with Gasteiger partial charge in [-0.15, -0.1) is 0 Å². The molecule has 0 radical (unpaired) electrons. The van der Waals surface area contributed by atoms with Gasteiger partial charge in [-0.3, -0.25) is 0 Å². The van der Waals surface area contributed by atoms with E-state index in [9.17, 15) is 4.79 Å². The number of nitrogens with zero attached hydrogens (tertiary/aromatic N) is 2. The highest BCUT2D eigenvalue weighted by Gasteiger charge is 2.22. The Labute approximate surface area is 172 Å². The zero-order valence-electron chi connectivity index (χ0n) is 18.0. The number of ether oxygens (including phenoxy) is 1. The van der Waals surface area contributed by atoms with Crippen LogP contribution in [0.25, 0.3) is 10.9 Å². The van der Waals surface area contributed by atoms with Gasteiger partial charge in [0, 0.05) is 30.7 Å². The van der Waals surface area contributed by atoms with Crippen molar-refractivity contribution in [1.82, 2.24) is 4.98 Å². The van der Waals surface area contributed by atoms with Crippen LogP contribution in [0.2, 0.25) is 0 Å². The number of aryl methyl sites for hydroxylation is 1. The lowest BCUT2D eigenvalue weighted by molar-refractivity contribution is -0.926. The van der Waals surface area contributed by atoms with Crippen molar-refractivity contribution in [2.75, 3.05) is 32.6 Å². The lowest BCUT2D eigenvalue weighted by Crippen LogP contribution is -3.09. The topological polar surface area (TPSA) is 46.9 Å². The summed E-state index contributed by atoms with van der Waals surface area (Å²) in [5.41, 5.74) is 5.70. The fourth-order valence-electron chi connectivity index (χ4n) is 3.69. The number of pyridine rings is 1. The number of quaternary nitrogens is 1. The number of hydrogen-bond acceptors (Lipinski definition) is 4. The number of carbonyl (C=O) groups excluding carboxylic acids is 1. The first kappa shape index (κ1) is 20.8. The molecular weight excluding hydrogens is 362 g/mol. The molecular formula is C24H30N3O2+. The van der Waals surface area contributed by atoms with Crippen molar-refractivity contribution in [3.8, 4) is 0 Å². The van der Waals surface area contributed by atoms with Gasteiger partial charge in [-0.1, -0.05) is 30.3 Å². The van der Waals surface area contributed by atoms with Gasteiger partial charge in [0.15, 0.2) is 0 Å². The summed E-state index contributed by atoms with van der Waals surface area (Å²) in [6.45, 7) is 6.62. The standard InChI is InChI=1S/C24H29N3O2/c1-6-27(15-18-11-13-19(14-12-18)26(3)4)16-22-23(24(28)29-5)17(2)20-9-7-8-10-21(20)25-22/h7-14H,6,15-16H2,1-5H3/p+1. The number of benzene rings is 2. The zero-order valence-corrected chi connectivity index (χ0v) is 18.0. The molecule has 0 aliphatic heterocycles. The van der Waals surface area contributed by atoms with Gasteiger partial charge in [0.2, 0.25) is 0 Å². The molecule has 0 saturated heterocycles. The Morgan fingerprint density at radius 2 is 1.76 bits per heavy atom. The molecule has 1 aromatic heterocycles. The summed E-state index contributed by atoms with van der Waals surface area (Å²) < 4.78 is 5.08. The Kier molecular flexibility index (Phi) is 6.49. The number of anilines is 1. The fourth-order valence-corrected chi connectivity index (χ4v) is 3.69. The molecule has 0 aliphatic rings. The molecule has 3 aromatic rings. The van der Waals surface area contributed by atoms with Gasteiger partial charge in [-0.25, -0.2) is 9.78 Å². The number of hydrogen-bond donors (Lipinski definition) is 1. The van der Waals surface area contributed by atoms with E-state index in [1.807, 2.05) is 45.3 Å². The Morgan fingerprint density at radius 3 is 2.38 bits per heavy atom.